The molecule has 3 rings (SSSR count). The minimum absolute atomic E-state index is 0.631. The zero-order valence-electron chi connectivity index (χ0n) is 12.9. The number of aryl methyl sites for hydroxylation is 2. The molecule has 0 aliphatic heterocycles. The standard InChI is InChI=1S/C19H23NO/c1-14-7-10-19(17(11-14)12-20-18-8-9-18)21-13-16-6-4-3-5-15(16)2/h3-7,10-11,18,20H,8-9,12-13H2,1-2H3. The molecule has 0 spiro atoms. The second kappa shape index (κ2) is 6.31. The molecule has 2 aromatic rings. The molecule has 0 saturated heterocycles. The second-order valence-electron chi connectivity index (χ2n) is 5.98. The van der Waals surface area contributed by atoms with Crippen molar-refractivity contribution in [3.05, 3.63) is 64.7 Å². The largest absolute Gasteiger partial charge is 0.489 e. The molecule has 2 heteroatoms. The van der Waals surface area contributed by atoms with Crippen molar-refractivity contribution in [3.8, 4) is 5.75 Å². The van der Waals surface area contributed by atoms with E-state index in [1.807, 2.05) is 0 Å². The van der Waals surface area contributed by atoms with Gasteiger partial charge in [-0.15, -0.1) is 0 Å². The minimum atomic E-state index is 0.631. The first kappa shape index (κ1) is 14.2. The van der Waals surface area contributed by atoms with E-state index in [4.69, 9.17) is 4.74 Å². The molecule has 1 aliphatic carbocycles. The van der Waals surface area contributed by atoms with Crippen molar-refractivity contribution >= 4 is 0 Å². The van der Waals surface area contributed by atoms with Gasteiger partial charge >= 0.3 is 0 Å². The number of benzene rings is 2. The van der Waals surface area contributed by atoms with Crippen molar-refractivity contribution in [1.82, 2.24) is 5.32 Å². The van der Waals surface area contributed by atoms with Gasteiger partial charge in [0.2, 0.25) is 0 Å². The van der Waals surface area contributed by atoms with Crippen LogP contribution in [0.1, 0.15) is 35.1 Å². The molecule has 0 aromatic heterocycles. The Labute approximate surface area is 127 Å². The molecule has 0 heterocycles. The molecular weight excluding hydrogens is 258 g/mol. The van der Waals surface area contributed by atoms with E-state index in [1.54, 1.807) is 0 Å². The van der Waals surface area contributed by atoms with Gasteiger partial charge in [-0.3, -0.25) is 0 Å². The average molecular weight is 281 g/mol. The summed E-state index contributed by atoms with van der Waals surface area (Å²) in [7, 11) is 0. The fraction of sp³-hybridized carbons (Fsp3) is 0.368. The van der Waals surface area contributed by atoms with Crippen LogP contribution in [0.2, 0.25) is 0 Å². The van der Waals surface area contributed by atoms with E-state index in [-0.39, 0.29) is 0 Å². The minimum Gasteiger partial charge on any atom is -0.489 e. The van der Waals surface area contributed by atoms with E-state index in [1.165, 1.54) is 35.1 Å². The van der Waals surface area contributed by atoms with Crippen LogP contribution in [-0.2, 0) is 13.2 Å². The highest BCUT2D eigenvalue weighted by Gasteiger charge is 2.20. The van der Waals surface area contributed by atoms with Crippen LogP contribution >= 0.6 is 0 Å². The molecule has 21 heavy (non-hydrogen) atoms. The van der Waals surface area contributed by atoms with Gasteiger partial charge in [-0.25, -0.2) is 0 Å². The highest BCUT2D eigenvalue weighted by molar-refractivity contribution is 5.37. The molecule has 0 atom stereocenters. The maximum atomic E-state index is 6.07. The predicted molar refractivity (Wildman–Crippen MR) is 86.6 cm³/mol. The first-order valence-corrected chi connectivity index (χ1v) is 7.72. The Kier molecular flexibility index (Phi) is 4.26. The predicted octanol–water partition coefficient (Wildman–Crippen LogP) is 4.13. The molecule has 1 N–H and O–H groups in total. The third kappa shape index (κ3) is 3.85. The molecule has 0 bridgehead atoms. The first-order chi connectivity index (χ1) is 10.2. The smallest absolute Gasteiger partial charge is 0.124 e. The Morgan fingerprint density at radius 1 is 1.05 bits per heavy atom. The van der Waals surface area contributed by atoms with Crippen LogP contribution in [0.5, 0.6) is 5.75 Å². The lowest BCUT2D eigenvalue weighted by Gasteiger charge is -2.14. The molecular formula is C19H23NO. The molecule has 0 amide bonds. The SMILES string of the molecule is Cc1ccc(OCc2ccccc2C)c(CNC2CC2)c1. The van der Waals surface area contributed by atoms with Gasteiger partial charge in [0.1, 0.15) is 12.4 Å². The van der Waals surface area contributed by atoms with Crippen molar-refractivity contribution in [3.63, 3.8) is 0 Å². The monoisotopic (exact) mass is 281 g/mol. The molecule has 2 aromatic carbocycles. The molecule has 0 unspecified atom stereocenters. The Hall–Kier alpha value is -1.80. The van der Waals surface area contributed by atoms with Crippen molar-refractivity contribution in [1.29, 1.82) is 0 Å². The number of hydrogen-bond donors (Lipinski definition) is 1. The van der Waals surface area contributed by atoms with Crippen molar-refractivity contribution in [2.24, 2.45) is 0 Å². The van der Waals surface area contributed by atoms with Crippen LogP contribution in [0.3, 0.4) is 0 Å². The Bertz CT molecular complexity index is 617. The number of rotatable bonds is 6. The molecule has 110 valence electrons. The lowest BCUT2D eigenvalue weighted by molar-refractivity contribution is 0.301. The highest BCUT2D eigenvalue weighted by Crippen LogP contribution is 2.24. The summed E-state index contributed by atoms with van der Waals surface area (Å²) in [5.41, 5.74) is 5.07. The summed E-state index contributed by atoms with van der Waals surface area (Å²) < 4.78 is 6.07. The quantitative estimate of drug-likeness (QED) is 0.859. The van der Waals surface area contributed by atoms with Crippen molar-refractivity contribution < 1.29 is 4.74 Å². The van der Waals surface area contributed by atoms with Crippen LogP contribution in [-0.4, -0.2) is 6.04 Å². The van der Waals surface area contributed by atoms with Crippen LogP contribution in [0.15, 0.2) is 42.5 Å². The fourth-order valence-corrected chi connectivity index (χ4v) is 2.46. The fourth-order valence-electron chi connectivity index (χ4n) is 2.46. The Morgan fingerprint density at radius 2 is 1.86 bits per heavy atom. The second-order valence-corrected chi connectivity index (χ2v) is 5.98. The van der Waals surface area contributed by atoms with Crippen molar-refractivity contribution in [2.75, 3.05) is 0 Å². The summed E-state index contributed by atoms with van der Waals surface area (Å²) in [6.45, 7) is 5.79. The van der Waals surface area contributed by atoms with Gasteiger partial charge in [0.25, 0.3) is 0 Å². The molecule has 0 radical (unpaired) electrons. The van der Waals surface area contributed by atoms with Crippen LogP contribution in [0.4, 0.5) is 0 Å². The van der Waals surface area contributed by atoms with Gasteiger partial charge in [-0.05, 0) is 43.9 Å². The lowest BCUT2D eigenvalue weighted by Crippen LogP contribution is -2.16. The maximum absolute atomic E-state index is 6.07. The molecule has 1 aliphatic rings. The molecule has 1 fully saturated rings. The Balaban J connectivity index is 1.70. The summed E-state index contributed by atoms with van der Waals surface area (Å²) >= 11 is 0. The van der Waals surface area contributed by atoms with Gasteiger partial charge < -0.3 is 10.1 Å². The van der Waals surface area contributed by atoms with E-state index >= 15 is 0 Å². The third-order valence-corrected chi connectivity index (χ3v) is 4.02. The summed E-state index contributed by atoms with van der Waals surface area (Å²) in [4.78, 5) is 0. The Morgan fingerprint density at radius 3 is 2.62 bits per heavy atom. The van der Waals surface area contributed by atoms with E-state index in [0.717, 1.165) is 18.3 Å². The van der Waals surface area contributed by atoms with Crippen LogP contribution in [0, 0.1) is 13.8 Å². The first-order valence-electron chi connectivity index (χ1n) is 7.72. The van der Waals surface area contributed by atoms with Gasteiger partial charge in [-0.2, -0.15) is 0 Å². The number of hydrogen-bond acceptors (Lipinski definition) is 2. The topological polar surface area (TPSA) is 21.3 Å². The summed E-state index contributed by atoms with van der Waals surface area (Å²) in [5, 5.41) is 3.57. The lowest BCUT2D eigenvalue weighted by atomic mass is 10.1. The third-order valence-electron chi connectivity index (χ3n) is 4.02. The zero-order chi connectivity index (χ0) is 14.7. The maximum Gasteiger partial charge on any atom is 0.124 e. The van der Waals surface area contributed by atoms with E-state index in [9.17, 15) is 0 Å². The van der Waals surface area contributed by atoms with Crippen LogP contribution < -0.4 is 10.1 Å². The van der Waals surface area contributed by atoms with Gasteiger partial charge in [0.05, 0.1) is 0 Å². The average Bonchev–Trinajstić information content (AvgIpc) is 3.30. The molecule has 2 nitrogen and oxygen atoms in total. The van der Waals surface area contributed by atoms with Gasteiger partial charge in [-0.1, -0.05) is 42.0 Å². The van der Waals surface area contributed by atoms with Crippen LogP contribution in [0.25, 0.3) is 0 Å². The van der Waals surface area contributed by atoms with Gasteiger partial charge in [0.15, 0.2) is 0 Å². The zero-order valence-corrected chi connectivity index (χ0v) is 12.9. The summed E-state index contributed by atoms with van der Waals surface area (Å²) in [6, 6.07) is 15.5. The summed E-state index contributed by atoms with van der Waals surface area (Å²) in [5.74, 6) is 0.997. The van der Waals surface area contributed by atoms with E-state index in [2.05, 4.69) is 61.6 Å². The van der Waals surface area contributed by atoms with E-state index in [0.29, 0.717) is 6.61 Å². The molecule has 1 saturated carbocycles. The normalized spacial score (nSPS) is 14.2. The number of nitrogens with one attached hydrogen (secondary N) is 1. The number of ether oxygens (including phenoxy) is 1. The van der Waals surface area contributed by atoms with Gasteiger partial charge in [0, 0.05) is 18.2 Å². The highest BCUT2D eigenvalue weighted by atomic mass is 16.5. The van der Waals surface area contributed by atoms with Crippen molar-refractivity contribution in [2.45, 2.75) is 45.9 Å². The van der Waals surface area contributed by atoms with E-state index < -0.39 is 0 Å². The summed E-state index contributed by atoms with van der Waals surface area (Å²) in [6.07, 6.45) is 2.62.